The van der Waals surface area contributed by atoms with Crippen molar-refractivity contribution in [3.8, 4) is 11.5 Å². The van der Waals surface area contributed by atoms with Crippen molar-refractivity contribution in [2.24, 2.45) is 0 Å². The first-order chi connectivity index (χ1) is 14.1. The number of benzene rings is 2. The summed E-state index contributed by atoms with van der Waals surface area (Å²) in [5, 5.41) is 15.2. The molecule has 0 bridgehead atoms. The van der Waals surface area contributed by atoms with Gasteiger partial charge in [0.15, 0.2) is 5.75 Å². The molecule has 162 valence electrons. The molecule has 0 atom stereocenters. The average molecular weight is 435 g/mol. The molecule has 0 aliphatic carbocycles. The Kier molecular flexibility index (Phi) is 8.35. The molecule has 1 amide bonds. The standard InChI is InChI=1S/C22H27ClN2O5/c1-22(2,3)30-21(28)25-14-15-6-4-7-17(12-15)29-19-13-16(23)9-10-18(19)24-11-5-8-20(26)27/h4,6-7,9-10,12-13,24H,5,8,11,14H2,1-3H3,(H,25,28)(H,26,27). The van der Waals surface area contributed by atoms with E-state index in [1.165, 1.54) is 0 Å². The molecule has 2 aromatic carbocycles. The Morgan fingerprint density at radius 1 is 1.13 bits per heavy atom. The molecule has 0 saturated heterocycles. The molecule has 2 rings (SSSR count). The van der Waals surface area contributed by atoms with Gasteiger partial charge in [-0.25, -0.2) is 4.79 Å². The van der Waals surface area contributed by atoms with Crippen LogP contribution in [-0.2, 0) is 16.1 Å². The van der Waals surface area contributed by atoms with Gasteiger partial charge in [-0.05, 0) is 57.0 Å². The number of alkyl carbamates (subject to hydrolysis) is 1. The lowest BCUT2D eigenvalue weighted by Gasteiger charge is -2.19. The zero-order chi connectivity index (χ0) is 22.1. The van der Waals surface area contributed by atoms with Crippen LogP contribution >= 0.6 is 11.6 Å². The maximum atomic E-state index is 11.8. The molecule has 0 aliphatic rings. The summed E-state index contributed by atoms with van der Waals surface area (Å²) in [6, 6.07) is 12.5. The highest BCUT2D eigenvalue weighted by Crippen LogP contribution is 2.32. The molecule has 0 aliphatic heterocycles. The van der Waals surface area contributed by atoms with Gasteiger partial charge in [-0.15, -0.1) is 0 Å². The first-order valence-electron chi connectivity index (χ1n) is 9.61. The predicted octanol–water partition coefficient (Wildman–Crippen LogP) is 5.43. The lowest BCUT2D eigenvalue weighted by Crippen LogP contribution is -2.32. The molecular formula is C22H27ClN2O5. The Bertz CT molecular complexity index is 880. The quantitative estimate of drug-likeness (QED) is 0.455. The van der Waals surface area contributed by atoms with E-state index >= 15 is 0 Å². The van der Waals surface area contributed by atoms with Gasteiger partial charge in [-0.3, -0.25) is 4.79 Å². The molecule has 0 unspecified atom stereocenters. The number of carbonyl (C=O) groups is 2. The van der Waals surface area contributed by atoms with Crippen molar-refractivity contribution < 1.29 is 24.2 Å². The smallest absolute Gasteiger partial charge is 0.407 e. The van der Waals surface area contributed by atoms with E-state index < -0.39 is 17.7 Å². The van der Waals surface area contributed by atoms with Crippen LogP contribution in [0.25, 0.3) is 0 Å². The van der Waals surface area contributed by atoms with E-state index in [1.807, 2.05) is 18.2 Å². The Morgan fingerprint density at radius 3 is 2.60 bits per heavy atom. The Hall–Kier alpha value is -2.93. The molecule has 0 spiro atoms. The first kappa shape index (κ1) is 23.3. The van der Waals surface area contributed by atoms with E-state index in [1.54, 1.807) is 45.0 Å². The zero-order valence-corrected chi connectivity index (χ0v) is 18.1. The fourth-order valence-electron chi connectivity index (χ4n) is 2.52. The van der Waals surface area contributed by atoms with Crippen LogP contribution in [0.15, 0.2) is 42.5 Å². The summed E-state index contributed by atoms with van der Waals surface area (Å²) >= 11 is 6.11. The zero-order valence-electron chi connectivity index (χ0n) is 17.3. The van der Waals surface area contributed by atoms with Gasteiger partial charge in [-0.1, -0.05) is 23.7 Å². The highest BCUT2D eigenvalue weighted by atomic mass is 35.5. The molecule has 0 heterocycles. The number of carboxylic acid groups (broad SMARTS) is 1. The lowest BCUT2D eigenvalue weighted by molar-refractivity contribution is -0.137. The predicted molar refractivity (Wildman–Crippen MR) is 116 cm³/mol. The summed E-state index contributed by atoms with van der Waals surface area (Å²) in [5.74, 6) is 0.269. The SMILES string of the molecule is CC(C)(C)OC(=O)NCc1cccc(Oc2cc(Cl)ccc2NCCCC(=O)O)c1. The molecule has 0 aromatic heterocycles. The third-order valence-electron chi connectivity index (χ3n) is 3.79. The number of anilines is 1. The van der Waals surface area contributed by atoms with E-state index in [2.05, 4.69) is 10.6 Å². The van der Waals surface area contributed by atoms with Gasteiger partial charge in [0.1, 0.15) is 11.4 Å². The number of amides is 1. The molecular weight excluding hydrogens is 408 g/mol. The van der Waals surface area contributed by atoms with Crippen LogP contribution in [0, 0.1) is 0 Å². The van der Waals surface area contributed by atoms with Crippen LogP contribution in [0.3, 0.4) is 0 Å². The number of halogens is 1. The highest BCUT2D eigenvalue weighted by molar-refractivity contribution is 6.30. The second kappa shape index (κ2) is 10.7. The van der Waals surface area contributed by atoms with Crippen molar-refractivity contribution in [2.75, 3.05) is 11.9 Å². The van der Waals surface area contributed by atoms with Crippen LogP contribution in [0.4, 0.5) is 10.5 Å². The minimum absolute atomic E-state index is 0.0868. The number of nitrogens with one attached hydrogen (secondary N) is 2. The summed E-state index contributed by atoms with van der Waals surface area (Å²) < 4.78 is 11.2. The molecule has 3 N–H and O–H groups in total. The van der Waals surface area contributed by atoms with Crippen LogP contribution < -0.4 is 15.4 Å². The lowest BCUT2D eigenvalue weighted by atomic mass is 10.2. The van der Waals surface area contributed by atoms with Gasteiger partial charge in [0, 0.05) is 30.6 Å². The summed E-state index contributed by atoms with van der Waals surface area (Å²) in [6.45, 7) is 6.20. The van der Waals surface area contributed by atoms with E-state index in [0.717, 1.165) is 5.56 Å². The van der Waals surface area contributed by atoms with E-state index in [4.69, 9.17) is 26.2 Å². The maximum Gasteiger partial charge on any atom is 0.407 e. The Balaban J connectivity index is 2.02. The molecule has 0 radical (unpaired) electrons. The van der Waals surface area contributed by atoms with Crippen LogP contribution in [-0.4, -0.2) is 29.3 Å². The van der Waals surface area contributed by atoms with Crippen molar-refractivity contribution in [1.82, 2.24) is 5.32 Å². The van der Waals surface area contributed by atoms with Crippen molar-refractivity contribution >= 4 is 29.4 Å². The largest absolute Gasteiger partial charge is 0.481 e. The Morgan fingerprint density at radius 2 is 1.90 bits per heavy atom. The fraction of sp³-hybridized carbons (Fsp3) is 0.364. The van der Waals surface area contributed by atoms with Crippen molar-refractivity contribution in [2.45, 2.75) is 45.8 Å². The Labute approximate surface area is 181 Å². The van der Waals surface area contributed by atoms with Gasteiger partial charge in [0.05, 0.1) is 5.69 Å². The van der Waals surface area contributed by atoms with Crippen molar-refractivity contribution in [3.63, 3.8) is 0 Å². The van der Waals surface area contributed by atoms with Gasteiger partial charge in [0.25, 0.3) is 0 Å². The minimum atomic E-state index is -0.832. The van der Waals surface area contributed by atoms with Crippen molar-refractivity contribution in [3.05, 3.63) is 53.1 Å². The number of hydrogen-bond donors (Lipinski definition) is 3. The number of rotatable bonds is 9. The van der Waals surface area contributed by atoms with Gasteiger partial charge >= 0.3 is 12.1 Å². The van der Waals surface area contributed by atoms with Crippen LogP contribution in [0.5, 0.6) is 11.5 Å². The molecule has 0 fully saturated rings. The number of aliphatic carboxylic acids is 1. The second-order valence-corrected chi connectivity index (χ2v) is 8.11. The molecule has 8 heteroatoms. The third kappa shape index (κ3) is 8.61. The highest BCUT2D eigenvalue weighted by Gasteiger charge is 2.15. The summed E-state index contributed by atoms with van der Waals surface area (Å²) in [7, 11) is 0. The fourth-order valence-corrected chi connectivity index (χ4v) is 2.69. The van der Waals surface area contributed by atoms with Crippen molar-refractivity contribution in [1.29, 1.82) is 0 Å². The van der Waals surface area contributed by atoms with Crippen LogP contribution in [0.1, 0.15) is 39.2 Å². The third-order valence-corrected chi connectivity index (χ3v) is 4.02. The van der Waals surface area contributed by atoms with Gasteiger partial charge < -0.3 is 25.2 Å². The number of ether oxygens (including phenoxy) is 2. The molecule has 7 nitrogen and oxygen atoms in total. The normalized spacial score (nSPS) is 10.9. The molecule has 30 heavy (non-hydrogen) atoms. The van der Waals surface area contributed by atoms with Gasteiger partial charge in [-0.2, -0.15) is 0 Å². The second-order valence-electron chi connectivity index (χ2n) is 7.67. The van der Waals surface area contributed by atoms with E-state index in [0.29, 0.717) is 41.7 Å². The number of carbonyl (C=O) groups excluding carboxylic acids is 1. The minimum Gasteiger partial charge on any atom is -0.481 e. The van der Waals surface area contributed by atoms with E-state index in [9.17, 15) is 9.59 Å². The van der Waals surface area contributed by atoms with E-state index in [-0.39, 0.29) is 6.42 Å². The number of hydrogen-bond acceptors (Lipinski definition) is 5. The summed E-state index contributed by atoms with van der Waals surface area (Å²) in [4.78, 5) is 22.5. The number of carboxylic acids is 1. The van der Waals surface area contributed by atoms with Crippen LogP contribution in [0.2, 0.25) is 5.02 Å². The monoisotopic (exact) mass is 434 g/mol. The maximum absolute atomic E-state index is 11.8. The summed E-state index contributed by atoms with van der Waals surface area (Å²) in [6.07, 6.45) is 0.0867. The topological polar surface area (TPSA) is 96.9 Å². The average Bonchev–Trinajstić information content (AvgIpc) is 2.64. The molecule has 0 saturated carbocycles. The summed E-state index contributed by atoms with van der Waals surface area (Å²) in [5.41, 5.74) is 0.994. The molecule has 2 aromatic rings. The first-order valence-corrected chi connectivity index (χ1v) is 9.99. The van der Waals surface area contributed by atoms with Gasteiger partial charge in [0.2, 0.25) is 0 Å².